The predicted molar refractivity (Wildman–Crippen MR) is 72.0 cm³/mol. The van der Waals surface area contributed by atoms with Gasteiger partial charge in [-0.15, -0.1) is 0 Å². The van der Waals surface area contributed by atoms with Gasteiger partial charge in [0.2, 0.25) is 0 Å². The average Bonchev–Trinajstić information content (AvgIpc) is 2.79. The standard InChI is InChI=1S/C16H19F3/c1-15(2,3)12-8-9-13(11-6-4-5-7-11)14(10-12)16(17,18)19/h6,8-10H,4-5,7H2,1-3H3. The third kappa shape index (κ3) is 3.02. The van der Waals surface area contributed by atoms with Crippen molar-refractivity contribution < 1.29 is 13.2 Å². The summed E-state index contributed by atoms with van der Waals surface area (Å²) >= 11 is 0. The monoisotopic (exact) mass is 268 g/mol. The molecule has 0 fully saturated rings. The van der Waals surface area contributed by atoms with Crippen molar-refractivity contribution in [1.82, 2.24) is 0 Å². The van der Waals surface area contributed by atoms with Crippen LogP contribution in [0, 0.1) is 0 Å². The summed E-state index contributed by atoms with van der Waals surface area (Å²) in [5.74, 6) is 0. The second-order valence-corrected chi connectivity index (χ2v) is 6.13. The molecule has 2 rings (SSSR count). The summed E-state index contributed by atoms with van der Waals surface area (Å²) in [6, 6.07) is 4.78. The second-order valence-electron chi connectivity index (χ2n) is 6.13. The van der Waals surface area contributed by atoms with Crippen molar-refractivity contribution >= 4 is 5.57 Å². The van der Waals surface area contributed by atoms with Crippen LogP contribution in [0.4, 0.5) is 13.2 Å². The highest BCUT2D eigenvalue weighted by Gasteiger charge is 2.35. The summed E-state index contributed by atoms with van der Waals surface area (Å²) in [6.07, 6.45) is 0.223. The zero-order chi connectivity index (χ0) is 14.3. The molecule has 0 atom stereocenters. The number of benzene rings is 1. The van der Waals surface area contributed by atoms with E-state index in [1.165, 1.54) is 6.07 Å². The first-order valence-electron chi connectivity index (χ1n) is 6.61. The lowest BCUT2D eigenvalue weighted by Gasteiger charge is -2.22. The molecule has 3 heteroatoms. The Bertz CT molecular complexity index is 502. The third-order valence-corrected chi connectivity index (χ3v) is 3.58. The van der Waals surface area contributed by atoms with E-state index in [1.54, 1.807) is 6.07 Å². The minimum absolute atomic E-state index is 0.275. The number of rotatable bonds is 1. The molecule has 0 amide bonds. The van der Waals surface area contributed by atoms with Crippen molar-refractivity contribution in [2.24, 2.45) is 0 Å². The maximum atomic E-state index is 13.2. The van der Waals surface area contributed by atoms with Crippen LogP contribution in [-0.4, -0.2) is 0 Å². The Hall–Kier alpha value is -1.25. The van der Waals surface area contributed by atoms with E-state index >= 15 is 0 Å². The summed E-state index contributed by atoms with van der Waals surface area (Å²) in [6.45, 7) is 5.78. The fourth-order valence-corrected chi connectivity index (χ4v) is 2.44. The summed E-state index contributed by atoms with van der Waals surface area (Å²) in [5.41, 5.74) is 1.16. The molecule has 0 nitrogen and oxygen atoms in total. The molecule has 1 aliphatic carbocycles. The van der Waals surface area contributed by atoms with E-state index < -0.39 is 11.7 Å². The lowest BCUT2D eigenvalue weighted by Crippen LogP contribution is -2.15. The minimum Gasteiger partial charge on any atom is -0.166 e. The zero-order valence-corrected chi connectivity index (χ0v) is 11.6. The Morgan fingerprint density at radius 2 is 1.74 bits per heavy atom. The van der Waals surface area contributed by atoms with Gasteiger partial charge >= 0.3 is 6.18 Å². The van der Waals surface area contributed by atoms with Crippen LogP contribution < -0.4 is 0 Å². The number of allylic oxidation sites excluding steroid dienone is 2. The molecule has 104 valence electrons. The Kier molecular flexibility index (Phi) is 3.50. The van der Waals surface area contributed by atoms with Gasteiger partial charge in [-0.3, -0.25) is 0 Å². The van der Waals surface area contributed by atoms with Crippen molar-refractivity contribution in [3.8, 4) is 0 Å². The van der Waals surface area contributed by atoms with Crippen molar-refractivity contribution in [2.45, 2.75) is 51.6 Å². The van der Waals surface area contributed by atoms with Gasteiger partial charge in [-0.1, -0.05) is 39.0 Å². The molecule has 0 saturated carbocycles. The lowest BCUT2D eigenvalue weighted by molar-refractivity contribution is -0.137. The quantitative estimate of drug-likeness (QED) is 0.624. The van der Waals surface area contributed by atoms with Crippen LogP contribution in [0.2, 0.25) is 0 Å². The van der Waals surface area contributed by atoms with Gasteiger partial charge in [-0.2, -0.15) is 13.2 Å². The van der Waals surface area contributed by atoms with Crippen molar-refractivity contribution in [3.05, 3.63) is 41.0 Å². The van der Waals surface area contributed by atoms with Crippen LogP contribution in [0.1, 0.15) is 56.7 Å². The van der Waals surface area contributed by atoms with E-state index in [1.807, 2.05) is 32.9 Å². The Balaban J connectivity index is 2.56. The van der Waals surface area contributed by atoms with E-state index in [0.717, 1.165) is 30.4 Å². The van der Waals surface area contributed by atoms with Gasteiger partial charge in [-0.05, 0) is 47.4 Å². The summed E-state index contributed by atoms with van der Waals surface area (Å²) in [7, 11) is 0. The maximum Gasteiger partial charge on any atom is 0.417 e. The molecule has 0 aromatic heterocycles. The van der Waals surface area contributed by atoms with Gasteiger partial charge in [0, 0.05) is 0 Å². The van der Waals surface area contributed by atoms with Crippen molar-refractivity contribution in [2.75, 3.05) is 0 Å². The molecule has 1 aromatic rings. The van der Waals surface area contributed by atoms with Gasteiger partial charge in [0.15, 0.2) is 0 Å². The maximum absolute atomic E-state index is 13.2. The van der Waals surface area contributed by atoms with Gasteiger partial charge in [0.1, 0.15) is 0 Å². The lowest BCUT2D eigenvalue weighted by atomic mass is 9.84. The average molecular weight is 268 g/mol. The Morgan fingerprint density at radius 1 is 1.05 bits per heavy atom. The number of hydrogen-bond donors (Lipinski definition) is 0. The zero-order valence-electron chi connectivity index (χ0n) is 11.6. The van der Waals surface area contributed by atoms with Gasteiger partial charge in [0.05, 0.1) is 5.56 Å². The first-order valence-corrected chi connectivity index (χ1v) is 6.61. The van der Waals surface area contributed by atoms with Gasteiger partial charge < -0.3 is 0 Å². The van der Waals surface area contributed by atoms with Gasteiger partial charge in [0.25, 0.3) is 0 Å². The van der Waals surface area contributed by atoms with Crippen LogP contribution >= 0.6 is 0 Å². The third-order valence-electron chi connectivity index (χ3n) is 3.58. The van der Waals surface area contributed by atoms with E-state index in [9.17, 15) is 13.2 Å². The molecule has 0 aliphatic heterocycles. The van der Waals surface area contributed by atoms with Crippen molar-refractivity contribution in [1.29, 1.82) is 0 Å². The molecule has 0 N–H and O–H groups in total. The topological polar surface area (TPSA) is 0 Å². The minimum atomic E-state index is -4.29. The second kappa shape index (κ2) is 4.69. The van der Waals surface area contributed by atoms with E-state index in [-0.39, 0.29) is 5.41 Å². The molecule has 1 aliphatic rings. The summed E-state index contributed by atoms with van der Waals surface area (Å²) in [4.78, 5) is 0. The van der Waals surface area contributed by atoms with E-state index in [0.29, 0.717) is 5.56 Å². The molecule has 0 saturated heterocycles. The Labute approximate surface area is 112 Å². The van der Waals surface area contributed by atoms with Crippen LogP contribution in [0.15, 0.2) is 24.3 Å². The molecular weight excluding hydrogens is 249 g/mol. The molecule has 0 radical (unpaired) electrons. The summed E-state index contributed by atoms with van der Waals surface area (Å²) < 4.78 is 39.7. The normalized spacial score (nSPS) is 16.6. The predicted octanol–water partition coefficient (Wildman–Crippen LogP) is 5.57. The van der Waals surface area contributed by atoms with Crippen LogP contribution in [0.5, 0.6) is 0 Å². The molecule has 0 unspecified atom stereocenters. The fraction of sp³-hybridized carbons (Fsp3) is 0.500. The van der Waals surface area contributed by atoms with Crippen LogP contribution in [-0.2, 0) is 11.6 Å². The molecule has 0 bridgehead atoms. The molecule has 19 heavy (non-hydrogen) atoms. The van der Waals surface area contributed by atoms with Crippen LogP contribution in [0.25, 0.3) is 5.57 Å². The first-order chi connectivity index (χ1) is 8.69. The highest BCUT2D eigenvalue weighted by molar-refractivity contribution is 5.70. The Morgan fingerprint density at radius 3 is 2.21 bits per heavy atom. The van der Waals surface area contributed by atoms with Crippen molar-refractivity contribution in [3.63, 3.8) is 0 Å². The van der Waals surface area contributed by atoms with E-state index in [2.05, 4.69) is 0 Å². The fourth-order valence-electron chi connectivity index (χ4n) is 2.44. The number of alkyl halides is 3. The van der Waals surface area contributed by atoms with E-state index in [4.69, 9.17) is 0 Å². The molecule has 0 spiro atoms. The smallest absolute Gasteiger partial charge is 0.166 e. The number of hydrogen-bond acceptors (Lipinski definition) is 0. The molecular formula is C16H19F3. The first kappa shape index (κ1) is 14.2. The van der Waals surface area contributed by atoms with Gasteiger partial charge in [-0.25, -0.2) is 0 Å². The molecule has 1 aromatic carbocycles. The highest BCUT2D eigenvalue weighted by Crippen LogP contribution is 2.40. The highest BCUT2D eigenvalue weighted by atomic mass is 19.4. The molecule has 0 heterocycles. The number of halogens is 3. The van der Waals surface area contributed by atoms with Crippen LogP contribution in [0.3, 0.4) is 0 Å². The largest absolute Gasteiger partial charge is 0.417 e. The summed E-state index contributed by atoms with van der Waals surface area (Å²) in [5, 5.41) is 0. The SMILES string of the molecule is CC(C)(C)c1ccc(C2=CCCC2)c(C(F)(F)F)c1.